The molecule has 0 heterocycles. The molecule has 0 aliphatic rings. The molecule has 0 aliphatic carbocycles. The van der Waals surface area contributed by atoms with Crippen LogP contribution in [-0.4, -0.2) is 0 Å². The summed E-state index contributed by atoms with van der Waals surface area (Å²) in [6.07, 6.45) is 0. The van der Waals surface area contributed by atoms with Crippen LogP contribution in [0.3, 0.4) is 0 Å². The fraction of sp³-hybridized carbons (Fsp3) is 0.0476. The van der Waals surface area contributed by atoms with Crippen molar-refractivity contribution < 1.29 is 0 Å². The summed E-state index contributed by atoms with van der Waals surface area (Å²) < 4.78 is 0. The molecule has 4 rings (SSSR count). The standard InChI is InChI=1S/C21H16/c1-14(2)15-11-12-20-18-9-4-3-7-16(18)17-8-5-6-10-19(17)21(20)13-15/h3-13H,1H2,2H3. The van der Waals surface area contributed by atoms with Crippen LogP contribution in [0.1, 0.15) is 12.5 Å². The maximum atomic E-state index is 4.07. The van der Waals surface area contributed by atoms with E-state index >= 15 is 0 Å². The zero-order valence-corrected chi connectivity index (χ0v) is 12.1. The molecule has 0 radical (unpaired) electrons. The van der Waals surface area contributed by atoms with Crippen LogP contribution in [0.4, 0.5) is 0 Å². The van der Waals surface area contributed by atoms with E-state index in [-0.39, 0.29) is 0 Å². The van der Waals surface area contributed by atoms with E-state index in [9.17, 15) is 0 Å². The van der Waals surface area contributed by atoms with Crippen molar-refractivity contribution >= 4 is 37.9 Å². The smallest absolute Gasteiger partial charge is 0.00929 e. The SMILES string of the molecule is C=C(C)c1ccc2c3ccccc3c3ccccc3c2c1. The summed E-state index contributed by atoms with van der Waals surface area (Å²) in [6.45, 7) is 6.13. The van der Waals surface area contributed by atoms with Gasteiger partial charge in [0.25, 0.3) is 0 Å². The largest absolute Gasteiger partial charge is 0.0955 e. The second-order valence-electron chi connectivity index (χ2n) is 5.63. The van der Waals surface area contributed by atoms with Gasteiger partial charge in [-0.2, -0.15) is 0 Å². The Hall–Kier alpha value is -2.60. The fourth-order valence-corrected chi connectivity index (χ4v) is 3.17. The van der Waals surface area contributed by atoms with Crippen molar-refractivity contribution in [2.24, 2.45) is 0 Å². The van der Waals surface area contributed by atoms with Crippen molar-refractivity contribution in [2.45, 2.75) is 6.92 Å². The Labute approximate surface area is 124 Å². The normalized spacial score (nSPS) is 11.3. The molecule has 0 bridgehead atoms. The highest BCUT2D eigenvalue weighted by atomic mass is 14.1. The van der Waals surface area contributed by atoms with Gasteiger partial charge in [0.2, 0.25) is 0 Å². The summed E-state index contributed by atoms with van der Waals surface area (Å²) in [6, 6.07) is 24.0. The molecule has 4 aromatic rings. The van der Waals surface area contributed by atoms with Crippen LogP contribution in [0.5, 0.6) is 0 Å². The Bertz CT molecular complexity index is 971. The fourth-order valence-electron chi connectivity index (χ4n) is 3.17. The van der Waals surface area contributed by atoms with Gasteiger partial charge in [-0.3, -0.25) is 0 Å². The first-order valence-electron chi connectivity index (χ1n) is 7.25. The summed E-state index contributed by atoms with van der Waals surface area (Å²) in [5, 5.41) is 7.90. The number of hydrogen-bond donors (Lipinski definition) is 0. The molecule has 0 aromatic heterocycles. The molecule has 21 heavy (non-hydrogen) atoms. The van der Waals surface area contributed by atoms with Gasteiger partial charge in [0.1, 0.15) is 0 Å². The summed E-state index contributed by atoms with van der Waals surface area (Å²) in [4.78, 5) is 0. The molecule has 0 heteroatoms. The lowest BCUT2D eigenvalue weighted by Gasteiger charge is -2.11. The van der Waals surface area contributed by atoms with Crippen molar-refractivity contribution in [3.8, 4) is 0 Å². The highest BCUT2D eigenvalue weighted by molar-refractivity contribution is 6.25. The number of allylic oxidation sites excluding steroid dienone is 1. The number of rotatable bonds is 1. The molecule has 0 aliphatic heterocycles. The lowest BCUT2D eigenvalue weighted by atomic mass is 9.92. The van der Waals surface area contributed by atoms with Gasteiger partial charge in [-0.25, -0.2) is 0 Å². The molecule has 0 saturated heterocycles. The molecule has 0 saturated carbocycles. The second kappa shape index (κ2) is 4.46. The van der Waals surface area contributed by atoms with E-state index in [0.717, 1.165) is 5.57 Å². The Morgan fingerprint density at radius 1 is 0.619 bits per heavy atom. The van der Waals surface area contributed by atoms with Gasteiger partial charge in [0, 0.05) is 0 Å². The van der Waals surface area contributed by atoms with Gasteiger partial charge in [0.15, 0.2) is 0 Å². The van der Waals surface area contributed by atoms with Gasteiger partial charge in [-0.05, 0) is 50.9 Å². The van der Waals surface area contributed by atoms with Crippen molar-refractivity contribution in [3.05, 3.63) is 78.9 Å². The molecule has 0 spiro atoms. The minimum absolute atomic E-state index is 1.11. The lowest BCUT2D eigenvalue weighted by molar-refractivity contribution is 1.63. The van der Waals surface area contributed by atoms with Crippen LogP contribution < -0.4 is 0 Å². The second-order valence-corrected chi connectivity index (χ2v) is 5.63. The van der Waals surface area contributed by atoms with E-state index in [1.165, 1.54) is 37.9 Å². The first-order valence-corrected chi connectivity index (χ1v) is 7.25. The minimum atomic E-state index is 1.11. The topological polar surface area (TPSA) is 0 Å². The number of fused-ring (bicyclic) bond motifs is 6. The van der Waals surface area contributed by atoms with Crippen molar-refractivity contribution in [2.75, 3.05) is 0 Å². The molecule has 0 amide bonds. The van der Waals surface area contributed by atoms with E-state index in [0.29, 0.717) is 0 Å². The van der Waals surface area contributed by atoms with Gasteiger partial charge >= 0.3 is 0 Å². The lowest BCUT2D eigenvalue weighted by Crippen LogP contribution is -1.85. The van der Waals surface area contributed by atoms with Crippen LogP contribution in [0.15, 0.2) is 73.3 Å². The first-order chi connectivity index (χ1) is 10.3. The predicted octanol–water partition coefficient (Wildman–Crippen LogP) is 6.18. The molecule has 0 nitrogen and oxygen atoms in total. The Balaban J connectivity index is 2.33. The first kappa shape index (κ1) is 12.2. The van der Waals surface area contributed by atoms with Crippen LogP contribution in [-0.2, 0) is 0 Å². The predicted molar refractivity (Wildman–Crippen MR) is 93.7 cm³/mol. The van der Waals surface area contributed by atoms with Gasteiger partial charge < -0.3 is 0 Å². The summed E-state index contributed by atoms with van der Waals surface area (Å²) in [5.74, 6) is 0. The van der Waals surface area contributed by atoms with Crippen LogP contribution in [0.2, 0.25) is 0 Å². The third kappa shape index (κ3) is 1.76. The Morgan fingerprint density at radius 2 is 1.05 bits per heavy atom. The minimum Gasteiger partial charge on any atom is -0.0955 e. The maximum Gasteiger partial charge on any atom is -0.00929 e. The summed E-state index contributed by atoms with van der Waals surface area (Å²) >= 11 is 0. The molecule has 0 unspecified atom stereocenters. The van der Waals surface area contributed by atoms with E-state index in [4.69, 9.17) is 0 Å². The maximum absolute atomic E-state index is 4.07. The summed E-state index contributed by atoms with van der Waals surface area (Å²) in [7, 11) is 0. The van der Waals surface area contributed by atoms with Crippen LogP contribution in [0, 0.1) is 0 Å². The third-order valence-electron chi connectivity index (χ3n) is 4.24. The van der Waals surface area contributed by atoms with Gasteiger partial charge in [0.05, 0.1) is 0 Å². The summed E-state index contributed by atoms with van der Waals surface area (Å²) in [5.41, 5.74) is 2.32. The van der Waals surface area contributed by atoms with E-state index < -0.39 is 0 Å². The average Bonchev–Trinajstić information content (AvgIpc) is 2.54. The molecule has 100 valence electrons. The monoisotopic (exact) mass is 268 g/mol. The molecule has 0 atom stereocenters. The molecular weight excluding hydrogens is 252 g/mol. The quantitative estimate of drug-likeness (QED) is 0.362. The highest BCUT2D eigenvalue weighted by Crippen LogP contribution is 2.35. The number of benzene rings is 4. The van der Waals surface area contributed by atoms with Crippen molar-refractivity contribution in [3.63, 3.8) is 0 Å². The zero-order valence-electron chi connectivity index (χ0n) is 12.1. The van der Waals surface area contributed by atoms with Crippen molar-refractivity contribution in [1.29, 1.82) is 0 Å². The van der Waals surface area contributed by atoms with Gasteiger partial charge in [-0.15, -0.1) is 0 Å². The van der Waals surface area contributed by atoms with Crippen LogP contribution >= 0.6 is 0 Å². The Kier molecular flexibility index (Phi) is 2.58. The third-order valence-corrected chi connectivity index (χ3v) is 4.24. The molecule has 0 N–H and O–H groups in total. The Morgan fingerprint density at radius 3 is 1.52 bits per heavy atom. The van der Waals surface area contributed by atoms with E-state index in [2.05, 4.69) is 80.2 Å². The molecular formula is C21H16. The van der Waals surface area contributed by atoms with Crippen LogP contribution in [0.25, 0.3) is 37.9 Å². The zero-order chi connectivity index (χ0) is 14.4. The number of hydrogen-bond acceptors (Lipinski definition) is 0. The average molecular weight is 268 g/mol. The van der Waals surface area contributed by atoms with E-state index in [1.54, 1.807) is 0 Å². The molecule has 0 fully saturated rings. The van der Waals surface area contributed by atoms with E-state index in [1.807, 2.05) is 0 Å². The molecule has 4 aromatic carbocycles. The van der Waals surface area contributed by atoms with Gasteiger partial charge in [-0.1, -0.05) is 72.8 Å². The highest BCUT2D eigenvalue weighted by Gasteiger charge is 2.08. The van der Waals surface area contributed by atoms with Crippen molar-refractivity contribution in [1.82, 2.24) is 0 Å².